The highest BCUT2D eigenvalue weighted by Crippen LogP contribution is 2.18. The maximum atomic E-state index is 12.0. The van der Waals surface area contributed by atoms with E-state index in [1.165, 1.54) is 6.20 Å². The summed E-state index contributed by atoms with van der Waals surface area (Å²) in [7, 11) is -3.47. The van der Waals surface area contributed by atoms with Crippen molar-refractivity contribution in [3.8, 4) is 0 Å². The molecule has 2 aromatic rings. The first-order chi connectivity index (χ1) is 9.49. The van der Waals surface area contributed by atoms with Gasteiger partial charge in [-0.2, -0.15) is 0 Å². The first-order valence-electron chi connectivity index (χ1n) is 6.21. The van der Waals surface area contributed by atoms with Crippen LogP contribution in [-0.2, 0) is 10.0 Å². The Kier molecular flexibility index (Phi) is 4.87. The second kappa shape index (κ2) is 6.45. The summed E-state index contributed by atoms with van der Waals surface area (Å²) in [4.78, 5) is 3.95. The van der Waals surface area contributed by atoms with E-state index in [1.54, 1.807) is 6.92 Å². The molecule has 0 saturated carbocycles. The number of aryl methyl sites for hydroxylation is 1. The van der Waals surface area contributed by atoms with Crippen molar-refractivity contribution in [3.05, 3.63) is 47.1 Å². The molecule has 0 spiro atoms. The van der Waals surface area contributed by atoms with Crippen LogP contribution < -0.4 is 10.5 Å². The predicted octanol–water partition coefficient (Wildman–Crippen LogP) is 1.82. The lowest BCUT2D eigenvalue weighted by Gasteiger charge is -2.12. The zero-order chi connectivity index (χ0) is 14.6. The highest BCUT2D eigenvalue weighted by Gasteiger charge is 2.17. The van der Waals surface area contributed by atoms with E-state index in [0.717, 1.165) is 21.9 Å². The number of nitrogens with two attached hydrogens (primary N) is 1. The van der Waals surface area contributed by atoms with Gasteiger partial charge in [-0.15, -0.1) is 11.3 Å². The van der Waals surface area contributed by atoms with E-state index in [4.69, 9.17) is 5.73 Å². The average Bonchev–Trinajstić information content (AvgIpc) is 2.87. The molecule has 0 bridgehead atoms. The normalized spacial score (nSPS) is 13.3. The van der Waals surface area contributed by atoms with Gasteiger partial charge in [-0.05, 0) is 18.9 Å². The first-order valence-corrected chi connectivity index (χ1v) is 8.51. The monoisotopic (exact) mass is 311 g/mol. The molecule has 0 fully saturated rings. The summed E-state index contributed by atoms with van der Waals surface area (Å²) in [5.74, 6) is 0. The maximum Gasteiger partial charge on any atom is 0.251 e. The number of thiazole rings is 1. The number of nitrogens with zero attached hydrogens (tertiary/aromatic N) is 1. The Hall–Kier alpha value is -1.28. The Morgan fingerprint density at radius 3 is 2.65 bits per heavy atom. The standard InChI is InChI=1S/C13H17N3O2S2/c1-10-15-9-13(19-10)20(17,18)16-8-7-12(14)11-5-3-2-4-6-11/h2-6,9,12,16H,7-8,14H2,1H3. The van der Waals surface area contributed by atoms with Crippen LogP contribution in [0.25, 0.3) is 0 Å². The van der Waals surface area contributed by atoms with Gasteiger partial charge in [0.15, 0.2) is 4.21 Å². The maximum absolute atomic E-state index is 12.0. The molecule has 0 radical (unpaired) electrons. The van der Waals surface area contributed by atoms with Crippen molar-refractivity contribution in [2.24, 2.45) is 5.73 Å². The zero-order valence-electron chi connectivity index (χ0n) is 11.1. The summed E-state index contributed by atoms with van der Waals surface area (Å²) < 4.78 is 26.8. The lowest BCUT2D eigenvalue weighted by Crippen LogP contribution is -2.26. The van der Waals surface area contributed by atoms with Crippen molar-refractivity contribution in [3.63, 3.8) is 0 Å². The summed E-state index contributed by atoms with van der Waals surface area (Å²) in [6, 6.07) is 9.45. The van der Waals surface area contributed by atoms with Gasteiger partial charge in [-0.1, -0.05) is 30.3 Å². The molecule has 2 rings (SSSR count). The van der Waals surface area contributed by atoms with E-state index in [2.05, 4.69) is 9.71 Å². The van der Waals surface area contributed by atoms with Gasteiger partial charge in [0.05, 0.1) is 11.2 Å². The van der Waals surface area contributed by atoms with Gasteiger partial charge in [-0.3, -0.25) is 0 Å². The van der Waals surface area contributed by atoms with Crippen LogP contribution in [0.3, 0.4) is 0 Å². The molecule has 0 aliphatic rings. The summed E-state index contributed by atoms with van der Waals surface area (Å²) in [5.41, 5.74) is 7.02. The molecule has 20 heavy (non-hydrogen) atoms. The third-order valence-electron chi connectivity index (χ3n) is 2.84. The quantitative estimate of drug-likeness (QED) is 0.852. The fourth-order valence-corrected chi connectivity index (χ4v) is 3.95. The largest absolute Gasteiger partial charge is 0.324 e. The Balaban J connectivity index is 1.90. The first kappa shape index (κ1) is 15.1. The number of hydrogen-bond donors (Lipinski definition) is 2. The van der Waals surface area contributed by atoms with E-state index in [1.807, 2.05) is 30.3 Å². The van der Waals surface area contributed by atoms with Crippen LogP contribution in [0.5, 0.6) is 0 Å². The van der Waals surface area contributed by atoms with Crippen LogP contribution in [0.2, 0.25) is 0 Å². The Bertz CT molecular complexity index is 653. The van der Waals surface area contributed by atoms with E-state index in [9.17, 15) is 8.42 Å². The van der Waals surface area contributed by atoms with Gasteiger partial charge >= 0.3 is 0 Å². The number of nitrogens with one attached hydrogen (secondary N) is 1. The number of hydrogen-bond acceptors (Lipinski definition) is 5. The second-order valence-electron chi connectivity index (χ2n) is 4.40. The third-order valence-corrected chi connectivity index (χ3v) is 5.68. The highest BCUT2D eigenvalue weighted by molar-refractivity contribution is 7.91. The molecule has 7 heteroatoms. The summed E-state index contributed by atoms with van der Waals surface area (Å²) in [5, 5.41) is 0.728. The predicted molar refractivity (Wildman–Crippen MR) is 80.0 cm³/mol. The molecule has 3 N–H and O–H groups in total. The minimum atomic E-state index is -3.47. The summed E-state index contributed by atoms with van der Waals surface area (Å²) >= 11 is 1.16. The smallest absolute Gasteiger partial charge is 0.251 e. The Labute approximate surface area is 122 Å². The topological polar surface area (TPSA) is 85.1 Å². The highest BCUT2D eigenvalue weighted by atomic mass is 32.2. The van der Waals surface area contributed by atoms with Crippen molar-refractivity contribution in [2.45, 2.75) is 23.6 Å². The van der Waals surface area contributed by atoms with Crippen LogP contribution >= 0.6 is 11.3 Å². The Morgan fingerprint density at radius 2 is 2.05 bits per heavy atom. The average molecular weight is 311 g/mol. The molecule has 5 nitrogen and oxygen atoms in total. The van der Waals surface area contributed by atoms with Crippen LogP contribution in [0.4, 0.5) is 0 Å². The van der Waals surface area contributed by atoms with Crippen molar-refractivity contribution in [1.82, 2.24) is 9.71 Å². The summed E-state index contributed by atoms with van der Waals surface area (Å²) in [6.45, 7) is 2.07. The zero-order valence-corrected chi connectivity index (χ0v) is 12.7. The lowest BCUT2D eigenvalue weighted by molar-refractivity contribution is 0.571. The van der Waals surface area contributed by atoms with E-state index < -0.39 is 10.0 Å². The fourth-order valence-electron chi connectivity index (χ4n) is 1.75. The molecule has 108 valence electrons. The third kappa shape index (κ3) is 3.86. The lowest BCUT2D eigenvalue weighted by atomic mass is 10.1. The number of rotatable bonds is 6. The van der Waals surface area contributed by atoms with Gasteiger partial charge in [0.25, 0.3) is 10.0 Å². The molecular formula is C13H17N3O2S2. The minimum Gasteiger partial charge on any atom is -0.324 e. The molecule has 0 amide bonds. The van der Waals surface area contributed by atoms with Gasteiger partial charge in [0.2, 0.25) is 0 Å². The van der Waals surface area contributed by atoms with Crippen molar-refractivity contribution >= 4 is 21.4 Å². The fraction of sp³-hybridized carbons (Fsp3) is 0.308. The molecule has 0 aliphatic carbocycles. The van der Waals surface area contributed by atoms with Crippen LogP contribution in [0, 0.1) is 6.92 Å². The van der Waals surface area contributed by atoms with E-state index >= 15 is 0 Å². The SMILES string of the molecule is Cc1ncc(S(=O)(=O)NCCC(N)c2ccccc2)s1. The van der Waals surface area contributed by atoms with Crippen molar-refractivity contribution in [1.29, 1.82) is 0 Å². The van der Waals surface area contributed by atoms with Gasteiger partial charge in [0, 0.05) is 12.6 Å². The van der Waals surface area contributed by atoms with Crippen LogP contribution in [-0.4, -0.2) is 19.9 Å². The van der Waals surface area contributed by atoms with Gasteiger partial charge < -0.3 is 5.73 Å². The second-order valence-corrected chi connectivity index (χ2v) is 7.63. The molecular weight excluding hydrogens is 294 g/mol. The molecule has 1 aromatic heterocycles. The molecule has 0 aliphatic heterocycles. The molecule has 0 saturated heterocycles. The van der Waals surface area contributed by atoms with Crippen molar-refractivity contribution < 1.29 is 8.42 Å². The molecule has 1 heterocycles. The summed E-state index contributed by atoms with van der Waals surface area (Å²) in [6.07, 6.45) is 1.92. The number of aromatic nitrogens is 1. The Morgan fingerprint density at radius 1 is 1.35 bits per heavy atom. The van der Waals surface area contributed by atoms with Crippen molar-refractivity contribution in [2.75, 3.05) is 6.54 Å². The minimum absolute atomic E-state index is 0.179. The molecule has 1 aromatic carbocycles. The van der Waals surface area contributed by atoms with Crippen LogP contribution in [0.15, 0.2) is 40.7 Å². The van der Waals surface area contributed by atoms with E-state index in [0.29, 0.717) is 13.0 Å². The van der Waals surface area contributed by atoms with E-state index in [-0.39, 0.29) is 10.3 Å². The van der Waals surface area contributed by atoms with Crippen LogP contribution in [0.1, 0.15) is 23.0 Å². The van der Waals surface area contributed by atoms with Gasteiger partial charge in [-0.25, -0.2) is 18.1 Å². The molecule has 1 unspecified atom stereocenters. The van der Waals surface area contributed by atoms with Gasteiger partial charge in [0.1, 0.15) is 0 Å². The molecule has 1 atom stereocenters. The number of benzene rings is 1. The number of sulfonamides is 1.